The highest BCUT2D eigenvalue weighted by molar-refractivity contribution is 5.29. The van der Waals surface area contributed by atoms with Gasteiger partial charge in [-0.15, -0.1) is 0 Å². The molecule has 21 heavy (non-hydrogen) atoms. The molecule has 1 aliphatic heterocycles. The van der Waals surface area contributed by atoms with E-state index in [-0.39, 0.29) is 6.61 Å². The Bertz CT molecular complexity index is 473. The Hall–Kier alpha value is -1.10. The van der Waals surface area contributed by atoms with Crippen LogP contribution in [0.15, 0.2) is 24.3 Å². The monoisotopic (exact) mass is 291 g/mol. The van der Waals surface area contributed by atoms with Gasteiger partial charge in [-0.25, -0.2) is 0 Å². The van der Waals surface area contributed by atoms with Gasteiger partial charge < -0.3 is 14.9 Å². The number of hydrogen-bond acceptors (Lipinski definition) is 4. The molecular weight excluding hydrogens is 266 g/mol. The lowest BCUT2D eigenvalue weighted by atomic mass is 10.1. The van der Waals surface area contributed by atoms with Gasteiger partial charge in [0.2, 0.25) is 0 Å². The molecule has 0 amide bonds. The van der Waals surface area contributed by atoms with Crippen molar-refractivity contribution in [2.45, 2.75) is 50.4 Å². The molecule has 1 aromatic carbocycles. The number of hydrogen-bond donors (Lipinski definition) is 2. The van der Waals surface area contributed by atoms with Crippen molar-refractivity contribution < 1.29 is 14.9 Å². The summed E-state index contributed by atoms with van der Waals surface area (Å²) >= 11 is 0. The van der Waals surface area contributed by atoms with Crippen LogP contribution in [0, 0.1) is 0 Å². The van der Waals surface area contributed by atoms with E-state index >= 15 is 0 Å². The van der Waals surface area contributed by atoms with Gasteiger partial charge in [0.1, 0.15) is 11.4 Å². The number of rotatable bonds is 5. The lowest BCUT2D eigenvalue weighted by Gasteiger charge is -2.21. The maximum absolute atomic E-state index is 10.1. The van der Waals surface area contributed by atoms with Crippen LogP contribution in [0.5, 0.6) is 5.75 Å². The van der Waals surface area contributed by atoms with Crippen LogP contribution < -0.4 is 4.74 Å². The van der Waals surface area contributed by atoms with Crippen LogP contribution in [0.25, 0.3) is 0 Å². The first kappa shape index (κ1) is 14.8. The van der Waals surface area contributed by atoms with Crippen LogP contribution in [0.4, 0.5) is 0 Å². The molecule has 0 aromatic heterocycles. The second-order valence-corrected chi connectivity index (χ2v) is 6.51. The quantitative estimate of drug-likeness (QED) is 0.870. The average Bonchev–Trinajstić information content (AvgIpc) is 3.10. The fourth-order valence-corrected chi connectivity index (χ4v) is 3.38. The van der Waals surface area contributed by atoms with Crippen molar-refractivity contribution in [3.63, 3.8) is 0 Å². The third-order valence-electron chi connectivity index (χ3n) is 4.62. The van der Waals surface area contributed by atoms with E-state index in [1.54, 1.807) is 0 Å². The average molecular weight is 291 g/mol. The molecule has 0 spiro atoms. The molecular formula is C17H25NO3. The SMILES string of the molecule is OCC1(O)CCN(Cc2cccc(OC3CCCC3)c2)C1. The van der Waals surface area contributed by atoms with Gasteiger partial charge in [-0.05, 0) is 49.8 Å². The van der Waals surface area contributed by atoms with E-state index in [1.807, 2.05) is 12.1 Å². The molecule has 0 radical (unpaired) electrons. The van der Waals surface area contributed by atoms with E-state index in [9.17, 15) is 10.2 Å². The summed E-state index contributed by atoms with van der Waals surface area (Å²) in [5.41, 5.74) is 0.283. The number of aliphatic hydroxyl groups is 2. The summed E-state index contributed by atoms with van der Waals surface area (Å²) in [7, 11) is 0. The Morgan fingerprint density at radius 3 is 2.81 bits per heavy atom. The summed E-state index contributed by atoms with van der Waals surface area (Å²) in [6, 6.07) is 8.26. The Balaban J connectivity index is 1.58. The topological polar surface area (TPSA) is 52.9 Å². The van der Waals surface area contributed by atoms with Crippen molar-refractivity contribution >= 4 is 0 Å². The second kappa shape index (κ2) is 6.34. The van der Waals surface area contributed by atoms with Crippen molar-refractivity contribution in [3.05, 3.63) is 29.8 Å². The van der Waals surface area contributed by atoms with Crippen LogP contribution in [-0.2, 0) is 6.54 Å². The van der Waals surface area contributed by atoms with E-state index in [1.165, 1.54) is 31.2 Å². The molecule has 0 bridgehead atoms. The largest absolute Gasteiger partial charge is 0.490 e. The third-order valence-corrected chi connectivity index (χ3v) is 4.62. The minimum absolute atomic E-state index is 0.158. The highest BCUT2D eigenvalue weighted by Crippen LogP contribution is 2.26. The van der Waals surface area contributed by atoms with Crippen molar-refractivity contribution in [2.24, 2.45) is 0 Å². The molecule has 1 unspecified atom stereocenters. The van der Waals surface area contributed by atoms with E-state index < -0.39 is 5.60 Å². The lowest BCUT2D eigenvalue weighted by molar-refractivity contribution is -0.00580. The predicted molar refractivity (Wildman–Crippen MR) is 81.3 cm³/mol. The number of likely N-dealkylation sites (tertiary alicyclic amines) is 1. The highest BCUT2D eigenvalue weighted by Gasteiger charge is 2.35. The summed E-state index contributed by atoms with van der Waals surface area (Å²) < 4.78 is 6.03. The zero-order valence-electron chi connectivity index (χ0n) is 12.5. The number of aliphatic hydroxyl groups excluding tert-OH is 1. The first-order valence-corrected chi connectivity index (χ1v) is 7.98. The Morgan fingerprint density at radius 1 is 1.29 bits per heavy atom. The van der Waals surface area contributed by atoms with Crippen LogP contribution >= 0.6 is 0 Å². The van der Waals surface area contributed by atoms with Crippen molar-refractivity contribution in [1.29, 1.82) is 0 Å². The van der Waals surface area contributed by atoms with Gasteiger partial charge in [-0.2, -0.15) is 0 Å². The van der Waals surface area contributed by atoms with Crippen LogP contribution in [0.1, 0.15) is 37.7 Å². The summed E-state index contributed by atoms with van der Waals surface area (Å²) in [5, 5.41) is 19.3. The molecule has 3 rings (SSSR count). The smallest absolute Gasteiger partial charge is 0.120 e. The number of ether oxygens (including phenoxy) is 1. The standard InChI is InChI=1S/C17H25NO3/c19-13-17(20)8-9-18(12-17)11-14-4-3-7-16(10-14)21-15-5-1-2-6-15/h3-4,7,10,15,19-20H,1-2,5-6,8-9,11-13H2. The minimum Gasteiger partial charge on any atom is -0.490 e. The number of nitrogens with zero attached hydrogens (tertiary/aromatic N) is 1. The van der Waals surface area contributed by atoms with E-state index in [0.29, 0.717) is 19.1 Å². The van der Waals surface area contributed by atoms with Gasteiger partial charge >= 0.3 is 0 Å². The van der Waals surface area contributed by atoms with E-state index in [0.717, 1.165) is 18.8 Å². The molecule has 4 heteroatoms. The fourth-order valence-electron chi connectivity index (χ4n) is 3.38. The molecule has 2 N–H and O–H groups in total. The molecule has 1 heterocycles. The molecule has 4 nitrogen and oxygen atoms in total. The van der Waals surface area contributed by atoms with E-state index in [2.05, 4.69) is 17.0 Å². The molecule has 116 valence electrons. The van der Waals surface area contributed by atoms with Crippen LogP contribution in [-0.4, -0.2) is 46.5 Å². The van der Waals surface area contributed by atoms with E-state index in [4.69, 9.17) is 4.74 Å². The molecule has 2 fully saturated rings. The first-order chi connectivity index (χ1) is 10.2. The molecule has 1 saturated carbocycles. The maximum Gasteiger partial charge on any atom is 0.120 e. The number of benzene rings is 1. The molecule has 1 aromatic rings. The van der Waals surface area contributed by atoms with Crippen molar-refractivity contribution in [1.82, 2.24) is 4.90 Å². The third kappa shape index (κ3) is 3.76. The maximum atomic E-state index is 10.1. The molecule has 2 aliphatic rings. The van der Waals surface area contributed by atoms with Gasteiger partial charge in [-0.1, -0.05) is 12.1 Å². The predicted octanol–water partition coefficient (Wildman–Crippen LogP) is 1.94. The summed E-state index contributed by atoms with van der Waals surface area (Å²) in [6.07, 6.45) is 5.91. The van der Waals surface area contributed by atoms with Crippen molar-refractivity contribution in [3.8, 4) is 5.75 Å². The van der Waals surface area contributed by atoms with Gasteiger partial charge in [0.05, 0.1) is 12.7 Å². The Labute approximate surface area is 126 Å². The summed E-state index contributed by atoms with van der Waals surface area (Å²) in [6.45, 7) is 2.00. The Morgan fingerprint density at radius 2 is 2.10 bits per heavy atom. The van der Waals surface area contributed by atoms with Crippen LogP contribution in [0.3, 0.4) is 0 Å². The minimum atomic E-state index is -0.919. The summed E-state index contributed by atoms with van der Waals surface area (Å²) in [5.74, 6) is 0.955. The zero-order chi connectivity index (χ0) is 14.7. The van der Waals surface area contributed by atoms with Crippen molar-refractivity contribution in [2.75, 3.05) is 19.7 Å². The van der Waals surface area contributed by atoms with Gasteiger partial charge in [0, 0.05) is 19.6 Å². The first-order valence-electron chi connectivity index (χ1n) is 7.98. The van der Waals surface area contributed by atoms with Gasteiger partial charge in [-0.3, -0.25) is 4.90 Å². The Kier molecular flexibility index (Phi) is 4.48. The number of β-amino-alcohol motifs (C(OH)–C–C–N with tert-alkyl or cyclic N) is 1. The zero-order valence-corrected chi connectivity index (χ0v) is 12.5. The lowest BCUT2D eigenvalue weighted by Crippen LogP contribution is -2.36. The van der Waals surface area contributed by atoms with Crippen LogP contribution in [0.2, 0.25) is 0 Å². The second-order valence-electron chi connectivity index (χ2n) is 6.51. The van der Waals surface area contributed by atoms with Gasteiger partial charge in [0.25, 0.3) is 0 Å². The molecule has 1 saturated heterocycles. The molecule has 1 aliphatic carbocycles. The normalized spacial score (nSPS) is 27.3. The fraction of sp³-hybridized carbons (Fsp3) is 0.647. The highest BCUT2D eigenvalue weighted by atomic mass is 16.5. The van der Waals surface area contributed by atoms with Gasteiger partial charge in [0.15, 0.2) is 0 Å². The summed E-state index contributed by atoms with van der Waals surface area (Å²) in [4.78, 5) is 2.19. The molecule has 1 atom stereocenters.